The molecule has 0 spiro atoms. The maximum Gasteiger partial charge on any atom is 0.251 e. The van der Waals surface area contributed by atoms with E-state index in [0.717, 1.165) is 42.8 Å². The Morgan fingerprint density at radius 3 is 2.57 bits per heavy atom. The number of nitrogens with one attached hydrogen (secondary N) is 1. The van der Waals surface area contributed by atoms with Crippen LogP contribution in [0.25, 0.3) is 11.1 Å². The van der Waals surface area contributed by atoms with Crippen LogP contribution >= 0.6 is 0 Å². The highest BCUT2D eigenvalue weighted by molar-refractivity contribution is 5.95. The minimum atomic E-state index is -0.168. The molecular formula is C23H28N2O3. The van der Waals surface area contributed by atoms with Crippen LogP contribution in [-0.4, -0.2) is 42.5 Å². The minimum Gasteiger partial charge on any atom is -0.490 e. The Morgan fingerprint density at radius 1 is 1.07 bits per heavy atom. The fourth-order valence-corrected chi connectivity index (χ4v) is 3.40. The number of para-hydroxylation sites is 1. The topological polar surface area (TPSA) is 58.6 Å². The van der Waals surface area contributed by atoms with Crippen LogP contribution in [0.3, 0.4) is 0 Å². The molecule has 2 amide bonds. The van der Waals surface area contributed by atoms with Gasteiger partial charge in [0.1, 0.15) is 5.75 Å². The zero-order chi connectivity index (χ0) is 19.9. The lowest BCUT2D eigenvalue weighted by Gasteiger charge is -2.16. The van der Waals surface area contributed by atoms with Gasteiger partial charge in [0.25, 0.3) is 5.91 Å². The maximum atomic E-state index is 12.5. The summed E-state index contributed by atoms with van der Waals surface area (Å²) >= 11 is 0. The van der Waals surface area contributed by atoms with Crippen molar-refractivity contribution in [3.63, 3.8) is 0 Å². The molecule has 0 aromatic heterocycles. The van der Waals surface area contributed by atoms with Gasteiger partial charge >= 0.3 is 0 Å². The summed E-state index contributed by atoms with van der Waals surface area (Å²) in [6.45, 7) is 6.01. The highest BCUT2D eigenvalue weighted by Crippen LogP contribution is 2.31. The number of likely N-dealkylation sites (tertiary alicyclic amines) is 1. The SMILES string of the molecule is CC(C)Oc1ccccc1-c1cccc(C(=O)NCCC(=O)N2CCCC2)c1. The van der Waals surface area contributed by atoms with Crippen LogP contribution in [-0.2, 0) is 4.79 Å². The van der Waals surface area contributed by atoms with Crippen molar-refractivity contribution in [1.82, 2.24) is 10.2 Å². The number of amides is 2. The smallest absolute Gasteiger partial charge is 0.251 e. The molecule has 1 N–H and O–H groups in total. The molecule has 5 nitrogen and oxygen atoms in total. The molecule has 5 heteroatoms. The molecule has 1 saturated heterocycles. The second-order valence-corrected chi connectivity index (χ2v) is 7.34. The highest BCUT2D eigenvalue weighted by atomic mass is 16.5. The summed E-state index contributed by atoms with van der Waals surface area (Å²) in [6, 6.07) is 15.3. The Balaban J connectivity index is 1.64. The highest BCUT2D eigenvalue weighted by Gasteiger charge is 2.17. The van der Waals surface area contributed by atoms with Crippen molar-refractivity contribution >= 4 is 11.8 Å². The van der Waals surface area contributed by atoms with E-state index in [0.29, 0.717) is 18.5 Å². The molecule has 0 radical (unpaired) electrons. The second kappa shape index (κ2) is 9.40. The van der Waals surface area contributed by atoms with Crippen LogP contribution in [0.5, 0.6) is 5.75 Å². The number of carbonyl (C=O) groups excluding carboxylic acids is 2. The van der Waals surface area contributed by atoms with Crippen LogP contribution in [0.4, 0.5) is 0 Å². The van der Waals surface area contributed by atoms with Crippen LogP contribution in [0, 0.1) is 0 Å². The number of hydrogen-bond donors (Lipinski definition) is 1. The van der Waals surface area contributed by atoms with Crippen LogP contribution in [0.1, 0.15) is 43.5 Å². The Bertz CT molecular complexity index is 826. The molecule has 0 atom stereocenters. The fraction of sp³-hybridized carbons (Fsp3) is 0.391. The third-order valence-corrected chi connectivity index (χ3v) is 4.77. The summed E-state index contributed by atoms with van der Waals surface area (Å²) in [5.41, 5.74) is 2.46. The van der Waals surface area contributed by atoms with E-state index in [4.69, 9.17) is 4.74 Å². The first kappa shape index (κ1) is 19.9. The van der Waals surface area contributed by atoms with E-state index in [-0.39, 0.29) is 17.9 Å². The van der Waals surface area contributed by atoms with Crippen molar-refractivity contribution in [3.8, 4) is 16.9 Å². The quantitative estimate of drug-likeness (QED) is 0.793. The van der Waals surface area contributed by atoms with Gasteiger partial charge in [-0.1, -0.05) is 30.3 Å². The fourth-order valence-electron chi connectivity index (χ4n) is 3.40. The van der Waals surface area contributed by atoms with Gasteiger partial charge in [-0.3, -0.25) is 9.59 Å². The van der Waals surface area contributed by atoms with E-state index in [1.807, 2.05) is 61.2 Å². The summed E-state index contributed by atoms with van der Waals surface area (Å²) in [7, 11) is 0. The van der Waals surface area contributed by atoms with Gasteiger partial charge in [-0.25, -0.2) is 0 Å². The van der Waals surface area contributed by atoms with Crippen LogP contribution < -0.4 is 10.1 Å². The van der Waals surface area contributed by atoms with Crippen LogP contribution in [0.2, 0.25) is 0 Å². The van der Waals surface area contributed by atoms with E-state index in [9.17, 15) is 9.59 Å². The molecular weight excluding hydrogens is 352 g/mol. The average Bonchev–Trinajstić information content (AvgIpc) is 3.23. The van der Waals surface area contributed by atoms with E-state index in [1.54, 1.807) is 6.07 Å². The first-order valence-corrected chi connectivity index (χ1v) is 9.96. The summed E-state index contributed by atoms with van der Waals surface area (Å²) < 4.78 is 5.90. The number of benzene rings is 2. The number of nitrogens with zero attached hydrogens (tertiary/aromatic N) is 1. The Morgan fingerprint density at radius 2 is 1.82 bits per heavy atom. The largest absolute Gasteiger partial charge is 0.490 e. The monoisotopic (exact) mass is 380 g/mol. The van der Waals surface area contributed by atoms with Crippen molar-refractivity contribution in [2.75, 3.05) is 19.6 Å². The molecule has 3 rings (SSSR count). The van der Waals surface area contributed by atoms with Gasteiger partial charge < -0.3 is 15.0 Å². The first-order valence-electron chi connectivity index (χ1n) is 9.96. The number of hydrogen-bond acceptors (Lipinski definition) is 3. The lowest BCUT2D eigenvalue weighted by atomic mass is 10.0. The predicted octanol–water partition coefficient (Wildman–Crippen LogP) is 3.88. The van der Waals surface area contributed by atoms with Crippen molar-refractivity contribution < 1.29 is 14.3 Å². The van der Waals surface area contributed by atoms with Crippen molar-refractivity contribution in [3.05, 3.63) is 54.1 Å². The van der Waals surface area contributed by atoms with Gasteiger partial charge in [0, 0.05) is 37.2 Å². The molecule has 2 aromatic rings. The molecule has 0 bridgehead atoms. The third-order valence-electron chi connectivity index (χ3n) is 4.77. The predicted molar refractivity (Wildman–Crippen MR) is 110 cm³/mol. The zero-order valence-electron chi connectivity index (χ0n) is 16.6. The minimum absolute atomic E-state index is 0.0702. The summed E-state index contributed by atoms with van der Waals surface area (Å²) in [5, 5.41) is 2.86. The molecule has 148 valence electrons. The van der Waals surface area contributed by atoms with E-state index in [1.165, 1.54) is 0 Å². The third kappa shape index (κ3) is 5.12. The lowest BCUT2D eigenvalue weighted by Crippen LogP contribution is -2.32. The van der Waals surface area contributed by atoms with E-state index in [2.05, 4.69) is 5.32 Å². The van der Waals surface area contributed by atoms with Gasteiger partial charge in [0.15, 0.2) is 0 Å². The summed E-state index contributed by atoms with van der Waals surface area (Å²) in [6.07, 6.45) is 2.57. The molecule has 2 aromatic carbocycles. The molecule has 0 saturated carbocycles. The van der Waals surface area contributed by atoms with E-state index < -0.39 is 0 Å². The molecule has 1 aliphatic heterocycles. The molecule has 0 unspecified atom stereocenters. The molecule has 1 fully saturated rings. The number of rotatable bonds is 7. The maximum absolute atomic E-state index is 12.5. The summed E-state index contributed by atoms with van der Waals surface area (Å²) in [4.78, 5) is 26.5. The standard InChI is InChI=1S/C23H28N2O3/c1-17(2)28-21-11-4-3-10-20(21)18-8-7-9-19(16-18)23(27)24-13-12-22(26)25-14-5-6-15-25/h3-4,7-11,16-17H,5-6,12-15H2,1-2H3,(H,24,27). The second-order valence-electron chi connectivity index (χ2n) is 7.34. The van der Waals surface area contributed by atoms with Gasteiger partial charge in [-0.15, -0.1) is 0 Å². The molecule has 1 heterocycles. The molecule has 1 aliphatic rings. The Labute approximate surface area is 166 Å². The van der Waals surface area contributed by atoms with Gasteiger partial charge in [0.05, 0.1) is 6.10 Å². The number of ether oxygens (including phenoxy) is 1. The molecule has 28 heavy (non-hydrogen) atoms. The normalized spacial score (nSPS) is 13.6. The van der Waals surface area contributed by atoms with Crippen molar-refractivity contribution in [2.24, 2.45) is 0 Å². The Hall–Kier alpha value is -2.82. The first-order chi connectivity index (χ1) is 13.5. The zero-order valence-corrected chi connectivity index (χ0v) is 16.6. The lowest BCUT2D eigenvalue weighted by molar-refractivity contribution is -0.129. The van der Waals surface area contributed by atoms with Gasteiger partial charge in [-0.05, 0) is 50.5 Å². The van der Waals surface area contributed by atoms with Crippen molar-refractivity contribution in [1.29, 1.82) is 0 Å². The molecule has 0 aliphatic carbocycles. The van der Waals surface area contributed by atoms with Crippen molar-refractivity contribution in [2.45, 2.75) is 39.2 Å². The van der Waals surface area contributed by atoms with Crippen LogP contribution in [0.15, 0.2) is 48.5 Å². The van der Waals surface area contributed by atoms with Gasteiger partial charge in [0.2, 0.25) is 5.91 Å². The average molecular weight is 380 g/mol. The number of carbonyl (C=O) groups is 2. The van der Waals surface area contributed by atoms with E-state index >= 15 is 0 Å². The summed E-state index contributed by atoms with van der Waals surface area (Å²) in [5.74, 6) is 0.746. The Kier molecular flexibility index (Phi) is 6.69. The van der Waals surface area contributed by atoms with Gasteiger partial charge in [-0.2, -0.15) is 0 Å².